The van der Waals surface area contributed by atoms with Gasteiger partial charge in [-0.05, 0) is 58.0 Å². The zero-order chi connectivity index (χ0) is 31.1. The summed E-state index contributed by atoms with van der Waals surface area (Å²) in [5.41, 5.74) is 15.7. The Kier molecular flexibility index (Phi) is 4.60. The van der Waals surface area contributed by atoms with E-state index in [0.717, 1.165) is 12.8 Å². The summed E-state index contributed by atoms with van der Waals surface area (Å²) in [5, 5.41) is 10.4. The van der Waals surface area contributed by atoms with Gasteiger partial charge in [0, 0.05) is 43.4 Å². The normalized spacial score (nSPS) is 13.6. The van der Waals surface area contributed by atoms with Crippen LogP contribution in [0.15, 0.2) is 140 Å². The molecule has 4 aromatic heterocycles. The molecule has 11 aromatic rings. The summed E-state index contributed by atoms with van der Waals surface area (Å²) in [6, 6.07) is 50.2. The summed E-state index contributed by atoms with van der Waals surface area (Å²) in [6.45, 7) is 0. The van der Waals surface area contributed by atoms with Gasteiger partial charge in [-0.3, -0.25) is 0 Å². The number of rotatable bonds is 2. The second-order valence-electron chi connectivity index (χ2n) is 13.6. The van der Waals surface area contributed by atoms with Crippen LogP contribution < -0.4 is 0 Å². The van der Waals surface area contributed by atoms with Crippen molar-refractivity contribution < 1.29 is 0 Å². The lowest BCUT2D eigenvalue weighted by Crippen LogP contribution is -1.94. The van der Waals surface area contributed by atoms with E-state index < -0.39 is 0 Å². The van der Waals surface area contributed by atoms with Crippen molar-refractivity contribution in [2.75, 3.05) is 0 Å². The molecule has 1 aliphatic carbocycles. The minimum atomic E-state index is 1.12. The lowest BCUT2D eigenvalue weighted by molar-refractivity contribution is 0.986. The minimum absolute atomic E-state index is 1.12. The Bertz CT molecular complexity index is 3170. The van der Waals surface area contributed by atoms with Crippen molar-refractivity contribution in [2.24, 2.45) is 0 Å². The number of para-hydroxylation sites is 4. The van der Waals surface area contributed by atoms with Crippen molar-refractivity contribution in [1.82, 2.24) is 8.80 Å². The van der Waals surface area contributed by atoms with Crippen molar-refractivity contribution in [1.29, 1.82) is 0 Å². The van der Waals surface area contributed by atoms with Gasteiger partial charge in [-0.2, -0.15) is 0 Å². The van der Waals surface area contributed by atoms with Crippen LogP contribution in [0.1, 0.15) is 17.5 Å². The molecule has 222 valence electrons. The first-order chi connectivity index (χ1) is 23.8. The van der Waals surface area contributed by atoms with Gasteiger partial charge < -0.3 is 8.80 Å². The quantitative estimate of drug-likeness (QED) is 0.185. The SMILES string of the molecule is C1=Cc2cc(-c3cccc4c5cccc6c5n(c34)c3c4cccc5c7cccc(-c8ccc9ccccc9c8)c7n(c54)c63)ccc2CC1. The molecular weight excluding hydrogens is 581 g/mol. The van der Waals surface area contributed by atoms with Crippen molar-refractivity contribution in [2.45, 2.75) is 12.8 Å². The summed E-state index contributed by atoms with van der Waals surface area (Å²) in [7, 11) is 0. The first-order valence-electron chi connectivity index (χ1n) is 17.0. The largest absolute Gasteiger partial charge is 0.305 e. The molecule has 0 spiro atoms. The average molecular weight is 609 g/mol. The molecular formula is C46H28N2. The third kappa shape index (κ3) is 2.99. The van der Waals surface area contributed by atoms with Crippen molar-refractivity contribution in [3.8, 4) is 22.3 Å². The van der Waals surface area contributed by atoms with E-state index in [4.69, 9.17) is 0 Å². The molecule has 0 saturated heterocycles. The highest BCUT2D eigenvalue weighted by atomic mass is 15.0. The second kappa shape index (κ2) is 8.82. The van der Waals surface area contributed by atoms with Crippen molar-refractivity contribution in [3.63, 3.8) is 0 Å². The third-order valence-corrected chi connectivity index (χ3v) is 11.2. The zero-order valence-electron chi connectivity index (χ0n) is 26.2. The van der Waals surface area contributed by atoms with Gasteiger partial charge in [0.2, 0.25) is 0 Å². The number of nitrogens with zero attached hydrogens (tertiary/aromatic N) is 2. The fraction of sp³-hybridized carbons (Fsp3) is 0.0435. The van der Waals surface area contributed by atoms with Gasteiger partial charge in [-0.25, -0.2) is 0 Å². The standard InChI is InChI=1S/C46H28N2/c1-3-11-29-25-31(23-21-27(29)9-1)33-13-5-15-35-37-17-7-19-39-43(37)47(41(33)35)45-40-20-8-18-38-36-16-6-14-34(42(36)48(44(38)40)46(39)45)32-24-22-28-10-2-4-12-30(28)26-32/h1,3-9,11-26H,2,10H2. The molecule has 4 heterocycles. The van der Waals surface area contributed by atoms with Gasteiger partial charge >= 0.3 is 0 Å². The maximum atomic E-state index is 2.60. The summed E-state index contributed by atoms with van der Waals surface area (Å²) in [6.07, 6.45) is 6.86. The number of aryl methyl sites for hydroxylation is 1. The van der Waals surface area contributed by atoms with Crippen LogP contribution >= 0.6 is 0 Å². The van der Waals surface area contributed by atoms with Crippen molar-refractivity contribution in [3.05, 3.63) is 151 Å². The molecule has 0 fully saturated rings. The Balaban J connectivity index is 1.27. The molecule has 0 bridgehead atoms. The van der Waals surface area contributed by atoms with Gasteiger partial charge in [-0.1, -0.05) is 133 Å². The number of hydrogen-bond acceptors (Lipinski definition) is 0. The Morgan fingerprint density at radius 3 is 1.60 bits per heavy atom. The Morgan fingerprint density at radius 1 is 0.396 bits per heavy atom. The van der Waals surface area contributed by atoms with E-state index in [2.05, 4.69) is 154 Å². The van der Waals surface area contributed by atoms with Gasteiger partial charge in [0.15, 0.2) is 0 Å². The van der Waals surface area contributed by atoms with E-state index in [0.29, 0.717) is 0 Å². The molecule has 0 radical (unpaired) electrons. The number of aromatic nitrogens is 2. The lowest BCUT2D eigenvalue weighted by Gasteiger charge is -2.13. The van der Waals surface area contributed by atoms with Gasteiger partial charge in [0.25, 0.3) is 0 Å². The summed E-state index contributed by atoms with van der Waals surface area (Å²) < 4.78 is 5.20. The van der Waals surface area contributed by atoms with Crippen LogP contribution in [0.25, 0.3) is 105 Å². The predicted octanol–water partition coefficient (Wildman–Crippen LogP) is 12.3. The maximum absolute atomic E-state index is 2.60. The lowest BCUT2D eigenvalue weighted by atomic mass is 9.92. The third-order valence-electron chi connectivity index (χ3n) is 11.2. The molecule has 0 N–H and O–H groups in total. The van der Waals surface area contributed by atoms with E-state index in [1.54, 1.807) is 0 Å². The van der Waals surface area contributed by atoms with Crippen LogP contribution in [-0.2, 0) is 6.42 Å². The van der Waals surface area contributed by atoms with E-state index in [9.17, 15) is 0 Å². The molecule has 2 nitrogen and oxygen atoms in total. The first-order valence-corrected chi connectivity index (χ1v) is 17.0. The monoisotopic (exact) mass is 608 g/mol. The van der Waals surface area contributed by atoms with E-state index in [-0.39, 0.29) is 0 Å². The number of allylic oxidation sites excluding steroid dienone is 1. The van der Waals surface area contributed by atoms with E-state index >= 15 is 0 Å². The van der Waals surface area contributed by atoms with E-state index in [1.165, 1.54) is 110 Å². The summed E-state index contributed by atoms with van der Waals surface area (Å²) in [5.74, 6) is 0. The Hall–Kier alpha value is -6.12. The van der Waals surface area contributed by atoms with Crippen LogP contribution in [0.2, 0.25) is 0 Å². The van der Waals surface area contributed by atoms with Crippen LogP contribution in [0, 0.1) is 0 Å². The molecule has 48 heavy (non-hydrogen) atoms. The van der Waals surface area contributed by atoms with Crippen LogP contribution in [0.5, 0.6) is 0 Å². The van der Waals surface area contributed by atoms with Crippen LogP contribution in [0.3, 0.4) is 0 Å². The molecule has 0 aliphatic heterocycles. The molecule has 2 heteroatoms. The molecule has 0 amide bonds. The fourth-order valence-corrected chi connectivity index (χ4v) is 9.19. The average Bonchev–Trinajstić information content (AvgIpc) is 3.87. The number of fused-ring (bicyclic) bond motifs is 13. The Morgan fingerprint density at radius 2 is 0.938 bits per heavy atom. The summed E-state index contributed by atoms with van der Waals surface area (Å²) in [4.78, 5) is 0. The maximum Gasteiger partial charge on any atom is 0.0804 e. The Labute approximate surface area is 276 Å². The number of benzene rings is 7. The van der Waals surface area contributed by atoms with Crippen LogP contribution in [0.4, 0.5) is 0 Å². The smallest absolute Gasteiger partial charge is 0.0804 e. The molecule has 12 rings (SSSR count). The van der Waals surface area contributed by atoms with Gasteiger partial charge in [0.1, 0.15) is 0 Å². The second-order valence-corrected chi connectivity index (χ2v) is 13.6. The van der Waals surface area contributed by atoms with Gasteiger partial charge in [-0.15, -0.1) is 0 Å². The summed E-state index contributed by atoms with van der Waals surface area (Å²) >= 11 is 0. The number of hydrogen-bond donors (Lipinski definition) is 0. The zero-order valence-corrected chi connectivity index (χ0v) is 26.2. The molecule has 0 saturated carbocycles. The molecule has 1 aliphatic rings. The first kappa shape index (κ1) is 25.0. The molecule has 0 unspecified atom stereocenters. The molecule has 7 aromatic carbocycles. The highest BCUT2D eigenvalue weighted by molar-refractivity contribution is 6.33. The van der Waals surface area contributed by atoms with Gasteiger partial charge in [0.05, 0.1) is 33.1 Å². The van der Waals surface area contributed by atoms with Crippen LogP contribution in [-0.4, -0.2) is 8.80 Å². The highest BCUT2D eigenvalue weighted by Crippen LogP contribution is 2.49. The van der Waals surface area contributed by atoms with Crippen molar-refractivity contribution >= 4 is 82.3 Å². The predicted molar refractivity (Wildman–Crippen MR) is 204 cm³/mol. The minimum Gasteiger partial charge on any atom is -0.305 e. The molecule has 0 atom stereocenters. The van der Waals surface area contributed by atoms with E-state index in [1.807, 2.05) is 0 Å². The fourth-order valence-electron chi connectivity index (χ4n) is 9.19. The topological polar surface area (TPSA) is 8.82 Å². The highest BCUT2D eigenvalue weighted by Gasteiger charge is 2.27.